The third kappa shape index (κ3) is 2.31. The van der Waals surface area contributed by atoms with E-state index in [9.17, 15) is 9.90 Å². The highest BCUT2D eigenvalue weighted by molar-refractivity contribution is 5.88. The third-order valence-electron chi connectivity index (χ3n) is 4.10. The first-order chi connectivity index (χ1) is 10.0. The van der Waals surface area contributed by atoms with Crippen molar-refractivity contribution >= 4 is 5.97 Å². The molecule has 3 rings (SSSR count). The molecule has 1 N–H and O–H groups in total. The van der Waals surface area contributed by atoms with E-state index in [4.69, 9.17) is 0 Å². The van der Waals surface area contributed by atoms with Crippen molar-refractivity contribution in [2.24, 2.45) is 0 Å². The Morgan fingerprint density at radius 2 is 1.90 bits per heavy atom. The predicted molar refractivity (Wildman–Crippen MR) is 79.5 cm³/mol. The van der Waals surface area contributed by atoms with Gasteiger partial charge in [-0.15, -0.1) is 0 Å². The van der Waals surface area contributed by atoms with E-state index < -0.39 is 5.97 Å². The van der Waals surface area contributed by atoms with Gasteiger partial charge in [0, 0.05) is 6.20 Å². The van der Waals surface area contributed by atoms with Crippen molar-refractivity contribution in [2.75, 3.05) is 0 Å². The Balaban J connectivity index is 2.08. The van der Waals surface area contributed by atoms with Crippen molar-refractivity contribution in [2.45, 2.75) is 38.0 Å². The molecule has 1 aromatic heterocycles. The van der Waals surface area contributed by atoms with E-state index in [2.05, 4.69) is 22.1 Å². The van der Waals surface area contributed by atoms with Crippen molar-refractivity contribution in [3.63, 3.8) is 0 Å². The number of rotatable bonds is 4. The number of hydrogen-bond donors (Lipinski definition) is 1. The van der Waals surface area contributed by atoms with Crippen molar-refractivity contribution < 1.29 is 9.90 Å². The molecule has 1 saturated carbocycles. The molecule has 21 heavy (non-hydrogen) atoms. The summed E-state index contributed by atoms with van der Waals surface area (Å²) in [5.41, 5.74) is 1.91. The van der Waals surface area contributed by atoms with E-state index in [-0.39, 0.29) is 16.9 Å². The van der Waals surface area contributed by atoms with Crippen molar-refractivity contribution in [1.29, 1.82) is 0 Å². The minimum atomic E-state index is -0.963. The van der Waals surface area contributed by atoms with Crippen LogP contribution in [0.4, 0.5) is 0 Å². The van der Waals surface area contributed by atoms with Gasteiger partial charge in [0.25, 0.3) is 0 Å². The lowest BCUT2D eigenvalue weighted by Gasteiger charge is -2.17. The minimum Gasteiger partial charge on any atom is -0.478 e. The predicted octanol–water partition coefficient (Wildman–Crippen LogP) is 3.38. The first-order valence-electron chi connectivity index (χ1n) is 7.21. The molecule has 4 nitrogen and oxygen atoms in total. The van der Waals surface area contributed by atoms with E-state index in [1.165, 1.54) is 11.8 Å². The molecule has 0 bridgehead atoms. The highest BCUT2D eigenvalue weighted by Crippen LogP contribution is 2.52. The van der Waals surface area contributed by atoms with Gasteiger partial charge in [-0.3, -0.25) is 0 Å². The van der Waals surface area contributed by atoms with Gasteiger partial charge in [0.1, 0.15) is 5.82 Å². The Morgan fingerprint density at radius 1 is 1.24 bits per heavy atom. The van der Waals surface area contributed by atoms with Gasteiger partial charge in [0.2, 0.25) is 0 Å². The molecule has 0 unspecified atom stereocenters. The maximum absolute atomic E-state index is 11.3. The van der Waals surface area contributed by atoms with Crippen molar-refractivity contribution in [3.8, 4) is 0 Å². The van der Waals surface area contributed by atoms with Gasteiger partial charge in [-0.25, -0.2) is 14.8 Å². The minimum absolute atomic E-state index is 0.0597. The van der Waals surface area contributed by atoms with Gasteiger partial charge in [0.15, 0.2) is 0 Å². The number of aromatic nitrogens is 2. The Labute approximate surface area is 123 Å². The Kier molecular flexibility index (Phi) is 3.24. The number of aromatic carboxylic acids is 1. The second-order valence-electron chi connectivity index (χ2n) is 5.90. The van der Waals surface area contributed by atoms with Crippen molar-refractivity contribution in [1.82, 2.24) is 9.97 Å². The number of hydrogen-bond acceptors (Lipinski definition) is 3. The number of carbonyl (C=O) groups is 1. The van der Waals surface area contributed by atoms with E-state index in [1.807, 2.05) is 32.0 Å². The van der Waals surface area contributed by atoms with Gasteiger partial charge in [-0.2, -0.15) is 0 Å². The van der Waals surface area contributed by atoms with Gasteiger partial charge < -0.3 is 5.11 Å². The zero-order valence-electron chi connectivity index (χ0n) is 12.2. The van der Waals surface area contributed by atoms with E-state index in [1.54, 1.807) is 0 Å². The maximum Gasteiger partial charge on any atom is 0.339 e. The molecule has 0 saturated heterocycles. The topological polar surface area (TPSA) is 63.1 Å². The van der Waals surface area contributed by atoms with Crippen LogP contribution in [-0.4, -0.2) is 21.0 Å². The van der Waals surface area contributed by atoms with Gasteiger partial charge in [-0.05, 0) is 24.3 Å². The number of carboxylic acid groups (broad SMARTS) is 1. The summed E-state index contributed by atoms with van der Waals surface area (Å²) in [6.45, 7) is 3.92. The Morgan fingerprint density at radius 3 is 2.43 bits per heavy atom. The zero-order valence-corrected chi connectivity index (χ0v) is 12.2. The van der Waals surface area contributed by atoms with Crippen LogP contribution in [0.25, 0.3) is 0 Å². The first-order valence-corrected chi connectivity index (χ1v) is 7.21. The van der Waals surface area contributed by atoms with Crippen molar-refractivity contribution in [3.05, 3.63) is 59.2 Å². The third-order valence-corrected chi connectivity index (χ3v) is 4.10. The first kappa shape index (κ1) is 13.7. The number of nitrogens with zero attached hydrogens (tertiary/aromatic N) is 2. The fraction of sp³-hybridized carbons (Fsp3) is 0.353. The molecule has 1 aliphatic rings. The van der Waals surface area contributed by atoms with Crippen LogP contribution >= 0.6 is 0 Å². The van der Waals surface area contributed by atoms with Gasteiger partial charge >= 0.3 is 5.97 Å². The van der Waals surface area contributed by atoms with Crippen LogP contribution in [0.3, 0.4) is 0 Å². The molecule has 1 fully saturated rings. The van der Waals surface area contributed by atoms with Crippen LogP contribution in [0.5, 0.6) is 0 Å². The molecule has 2 aromatic rings. The monoisotopic (exact) mass is 282 g/mol. The maximum atomic E-state index is 11.3. The van der Waals surface area contributed by atoms with E-state index >= 15 is 0 Å². The quantitative estimate of drug-likeness (QED) is 0.933. The van der Waals surface area contributed by atoms with Crippen LogP contribution in [0.2, 0.25) is 0 Å². The second-order valence-corrected chi connectivity index (χ2v) is 5.90. The average Bonchev–Trinajstić information content (AvgIpc) is 3.29. The standard InChI is InChI=1S/C17H18N2O2/c1-11(2)14-13(15(20)21)10-18-16(19-14)17(8-9-17)12-6-4-3-5-7-12/h3-7,10-11H,8-9H2,1-2H3,(H,20,21). The second kappa shape index (κ2) is 4.95. The zero-order chi connectivity index (χ0) is 15.0. The van der Waals surface area contributed by atoms with Crippen LogP contribution in [0.15, 0.2) is 36.5 Å². The SMILES string of the molecule is CC(C)c1nc(C2(c3ccccc3)CC2)ncc1C(=O)O. The summed E-state index contributed by atoms with van der Waals surface area (Å²) in [5.74, 6) is -0.151. The summed E-state index contributed by atoms with van der Waals surface area (Å²) in [6, 6.07) is 10.2. The lowest BCUT2D eigenvalue weighted by atomic mass is 9.94. The highest BCUT2D eigenvalue weighted by atomic mass is 16.4. The molecule has 0 radical (unpaired) electrons. The Bertz CT molecular complexity index is 676. The lowest BCUT2D eigenvalue weighted by molar-refractivity contribution is 0.0694. The smallest absolute Gasteiger partial charge is 0.339 e. The molecular weight excluding hydrogens is 264 g/mol. The molecule has 1 aromatic carbocycles. The van der Waals surface area contributed by atoms with Gasteiger partial charge in [-0.1, -0.05) is 44.2 Å². The fourth-order valence-electron chi connectivity index (χ4n) is 2.75. The van der Waals surface area contributed by atoms with Crippen LogP contribution < -0.4 is 0 Å². The average molecular weight is 282 g/mol. The molecule has 0 amide bonds. The summed E-state index contributed by atoms with van der Waals surface area (Å²) >= 11 is 0. The van der Waals surface area contributed by atoms with E-state index in [0.29, 0.717) is 5.69 Å². The van der Waals surface area contributed by atoms with Crippen LogP contribution in [-0.2, 0) is 5.41 Å². The summed E-state index contributed by atoms with van der Waals surface area (Å²) < 4.78 is 0. The lowest BCUT2D eigenvalue weighted by Crippen LogP contribution is -2.17. The molecule has 1 heterocycles. The Hall–Kier alpha value is -2.23. The number of carboxylic acids is 1. The fourth-order valence-corrected chi connectivity index (χ4v) is 2.75. The molecule has 1 aliphatic carbocycles. The highest BCUT2D eigenvalue weighted by Gasteiger charge is 2.48. The normalized spacial score (nSPS) is 16.0. The summed E-state index contributed by atoms with van der Waals surface area (Å²) in [7, 11) is 0. The molecule has 0 aliphatic heterocycles. The molecular formula is C17H18N2O2. The van der Waals surface area contributed by atoms with E-state index in [0.717, 1.165) is 18.7 Å². The number of benzene rings is 1. The molecule has 108 valence electrons. The molecule has 0 atom stereocenters. The van der Waals surface area contributed by atoms with Gasteiger partial charge in [0.05, 0.1) is 16.7 Å². The molecule has 4 heteroatoms. The van der Waals surface area contributed by atoms with Crippen LogP contribution in [0, 0.1) is 0 Å². The summed E-state index contributed by atoms with van der Waals surface area (Å²) in [5, 5.41) is 9.26. The summed E-state index contributed by atoms with van der Waals surface area (Å²) in [6.07, 6.45) is 3.49. The van der Waals surface area contributed by atoms with Crippen LogP contribution in [0.1, 0.15) is 60.0 Å². The largest absolute Gasteiger partial charge is 0.478 e. The molecule has 0 spiro atoms. The summed E-state index contributed by atoms with van der Waals surface area (Å²) in [4.78, 5) is 20.3.